The van der Waals surface area contributed by atoms with Gasteiger partial charge < -0.3 is 5.32 Å². The molecule has 2 aromatic rings. The van der Waals surface area contributed by atoms with E-state index in [4.69, 9.17) is 0 Å². The Morgan fingerprint density at radius 2 is 2.32 bits per heavy atom. The van der Waals surface area contributed by atoms with Crippen LogP contribution in [-0.4, -0.2) is 26.5 Å². The minimum atomic E-state index is -0.0643. The number of nitrogens with zero attached hydrogens (tertiary/aromatic N) is 3. The average Bonchev–Trinajstić information content (AvgIpc) is 2.62. The van der Waals surface area contributed by atoms with Gasteiger partial charge in [0, 0.05) is 18.4 Å². The van der Waals surface area contributed by atoms with Gasteiger partial charge in [0.15, 0.2) is 5.65 Å². The van der Waals surface area contributed by atoms with Crippen molar-refractivity contribution in [2.75, 3.05) is 0 Å². The van der Waals surface area contributed by atoms with Crippen LogP contribution in [0, 0.1) is 12.8 Å². The molecule has 1 amide bonds. The van der Waals surface area contributed by atoms with Crippen molar-refractivity contribution in [3.05, 3.63) is 29.7 Å². The van der Waals surface area contributed by atoms with Crippen molar-refractivity contribution in [2.24, 2.45) is 5.92 Å². The normalized spacial score (nSPS) is 17.2. The lowest BCUT2D eigenvalue weighted by Gasteiger charge is -2.31. The van der Waals surface area contributed by atoms with Crippen molar-refractivity contribution < 1.29 is 4.79 Å². The van der Waals surface area contributed by atoms with Crippen LogP contribution >= 0.6 is 0 Å². The standard InChI is InChI=1S/C14H18N4O/c1-9(11-5-3-6-11)16-14(19)12-10(2)17-18-8-4-7-15-13(12)18/h4,7-9,11H,3,5-6H2,1-2H3,(H,16,19). The predicted octanol–water partition coefficient (Wildman–Crippen LogP) is 1.96. The monoisotopic (exact) mass is 258 g/mol. The molecule has 0 aromatic carbocycles. The molecule has 100 valence electrons. The summed E-state index contributed by atoms with van der Waals surface area (Å²) in [5.74, 6) is 0.560. The highest BCUT2D eigenvalue weighted by Gasteiger charge is 2.27. The van der Waals surface area contributed by atoms with Crippen LogP contribution in [0.2, 0.25) is 0 Å². The van der Waals surface area contributed by atoms with Crippen LogP contribution in [0.5, 0.6) is 0 Å². The van der Waals surface area contributed by atoms with Gasteiger partial charge in [-0.3, -0.25) is 4.79 Å². The second-order valence-corrected chi connectivity index (χ2v) is 5.30. The molecule has 5 heteroatoms. The first-order chi connectivity index (χ1) is 9.16. The number of carbonyl (C=O) groups excluding carboxylic acids is 1. The summed E-state index contributed by atoms with van der Waals surface area (Å²) in [5.41, 5.74) is 1.93. The first-order valence-corrected chi connectivity index (χ1v) is 6.77. The van der Waals surface area contributed by atoms with E-state index >= 15 is 0 Å². The molecule has 1 fully saturated rings. The van der Waals surface area contributed by atoms with Crippen LogP contribution < -0.4 is 5.32 Å². The van der Waals surface area contributed by atoms with Crippen LogP contribution in [0.4, 0.5) is 0 Å². The van der Waals surface area contributed by atoms with Crippen molar-refractivity contribution >= 4 is 11.6 Å². The topological polar surface area (TPSA) is 59.3 Å². The molecule has 0 spiro atoms. The lowest BCUT2D eigenvalue weighted by molar-refractivity contribution is 0.0910. The van der Waals surface area contributed by atoms with Gasteiger partial charge in [-0.05, 0) is 38.7 Å². The zero-order valence-electron chi connectivity index (χ0n) is 11.3. The fraction of sp³-hybridized carbons (Fsp3) is 0.500. The van der Waals surface area contributed by atoms with E-state index in [-0.39, 0.29) is 11.9 Å². The number of aromatic nitrogens is 3. The maximum absolute atomic E-state index is 12.4. The van der Waals surface area contributed by atoms with E-state index in [1.807, 2.05) is 13.1 Å². The van der Waals surface area contributed by atoms with Gasteiger partial charge >= 0.3 is 0 Å². The van der Waals surface area contributed by atoms with Gasteiger partial charge in [0.2, 0.25) is 0 Å². The van der Waals surface area contributed by atoms with E-state index in [2.05, 4.69) is 22.3 Å². The van der Waals surface area contributed by atoms with Crippen LogP contribution in [0.3, 0.4) is 0 Å². The molecule has 1 atom stereocenters. The largest absolute Gasteiger partial charge is 0.349 e. The number of hydrogen-bond acceptors (Lipinski definition) is 3. The molecule has 2 aromatic heterocycles. The fourth-order valence-corrected chi connectivity index (χ4v) is 2.60. The van der Waals surface area contributed by atoms with Gasteiger partial charge in [-0.15, -0.1) is 0 Å². The Hall–Kier alpha value is -1.91. The zero-order valence-corrected chi connectivity index (χ0v) is 11.3. The number of fused-ring (bicyclic) bond motifs is 1. The molecule has 1 aliphatic rings. The van der Waals surface area contributed by atoms with Gasteiger partial charge in [-0.25, -0.2) is 9.50 Å². The Morgan fingerprint density at radius 1 is 1.53 bits per heavy atom. The van der Waals surface area contributed by atoms with Crippen LogP contribution in [0.1, 0.15) is 42.2 Å². The molecule has 0 aliphatic heterocycles. The Kier molecular flexibility index (Phi) is 2.97. The molecule has 0 saturated heterocycles. The lowest BCUT2D eigenvalue weighted by atomic mass is 9.80. The summed E-state index contributed by atoms with van der Waals surface area (Å²) < 4.78 is 1.65. The molecule has 0 bridgehead atoms. The minimum Gasteiger partial charge on any atom is -0.349 e. The Balaban J connectivity index is 1.86. The molecule has 3 rings (SSSR count). The molecule has 2 heterocycles. The minimum absolute atomic E-state index is 0.0643. The molecular formula is C14H18N4O. The number of carbonyl (C=O) groups is 1. The fourth-order valence-electron chi connectivity index (χ4n) is 2.60. The van der Waals surface area contributed by atoms with Gasteiger partial charge in [0.25, 0.3) is 5.91 Å². The number of aryl methyl sites for hydroxylation is 1. The predicted molar refractivity (Wildman–Crippen MR) is 72.0 cm³/mol. The highest BCUT2D eigenvalue weighted by atomic mass is 16.1. The van der Waals surface area contributed by atoms with Crippen molar-refractivity contribution in [2.45, 2.75) is 39.2 Å². The molecule has 1 saturated carbocycles. The van der Waals surface area contributed by atoms with E-state index in [9.17, 15) is 4.79 Å². The van der Waals surface area contributed by atoms with Crippen molar-refractivity contribution in [3.8, 4) is 0 Å². The second kappa shape index (κ2) is 4.64. The molecule has 19 heavy (non-hydrogen) atoms. The Labute approximate surface area is 112 Å². The summed E-state index contributed by atoms with van der Waals surface area (Å²) in [4.78, 5) is 16.6. The van der Waals surface area contributed by atoms with E-state index < -0.39 is 0 Å². The first kappa shape index (κ1) is 12.1. The number of amides is 1. The molecule has 1 N–H and O–H groups in total. The van der Waals surface area contributed by atoms with Gasteiger partial charge in [0.1, 0.15) is 5.56 Å². The number of rotatable bonds is 3. The molecule has 1 aliphatic carbocycles. The van der Waals surface area contributed by atoms with E-state index in [1.54, 1.807) is 16.8 Å². The number of hydrogen-bond donors (Lipinski definition) is 1. The van der Waals surface area contributed by atoms with Crippen LogP contribution in [0.25, 0.3) is 5.65 Å². The maximum atomic E-state index is 12.4. The lowest BCUT2D eigenvalue weighted by Crippen LogP contribution is -2.40. The highest BCUT2D eigenvalue weighted by molar-refractivity contribution is 6.01. The highest BCUT2D eigenvalue weighted by Crippen LogP contribution is 2.29. The Bertz CT molecular complexity index is 615. The van der Waals surface area contributed by atoms with Crippen molar-refractivity contribution in [1.82, 2.24) is 19.9 Å². The average molecular weight is 258 g/mol. The summed E-state index contributed by atoms with van der Waals surface area (Å²) in [6.07, 6.45) is 7.20. The van der Waals surface area contributed by atoms with Gasteiger partial charge in [-0.2, -0.15) is 5.10 Å². The molecule has 1 unspecified atom stereocenters. The summed E-state index contributed by atoms with van der Waals surface area (Å²) in [7, 11) is 0. The van der Waals surface area contributed by atoms with E-state index in [0.29, 0.717) is 17.1 Å². The third-order valence-electron chi connectivity index (χ3n) is 4.01. The van der Waals surface area contributed by atoms with Gasteiger partial charge in [-0.1, -0.05) is 6.42 Å². The molecule has 5 nitrogen and oxygen atoms in total. The summed E-state index contributed by atoms with van der Waals surface area (Å²) >= 11 is 0. The van der Waals surface area contributed by atoms with E-state index in [1.165, 1.54) is 19.3 Å². The maximum Gasteiger partial charge on any atom is 0.257 e. The quantitative estimate of drug-likeness (QED) is 0.915. The SMILES string of the molecule is Cc1nn2cccnc2c1C(=O)NC(C)C1CCC1. The second-order valence-electron chi connectivity index (χ2n) is 5.30. The van der Waals surface area contributed by atoms with Crippen molar-refractivity contribution in [3.63, 3.8) is 0 Å². The smallest absolute Gasteiger partial charge is 0.257 e. The summed E-state index contributed by atoms with van der Waals surface area (Å²) in [6.45, 7) is 3.92. The summed E-state index contributed by atoms with van der Waals surface area (Å²) in [5, 5.41) is 7.40. The Morgan fingerprint density at radius 3 is 3.00 bits per heavy atom. The van der Waals surface area contributed by atoms with Crippen LogP contribution in [0.15, 0.2) is 18.5 Å². The zero-order chi connectivity index (χ0) is 13.4. The summed E-state index contributed by atoms with van der Waals surface area (Å²) in [6, 6.07) is 2.03. The molecular weight excluding hydrogens is 240 g/mol. The van der Waals surface area contributed by atoms with E-state index in [0.717, 1.165) is 5.69 Å². The first-order valence-electron chi connectivity index (χ1n) is 6.77. The third-order valence-corrected chi connectivity index (χ3v) is 4.01. The third kappa shape index (κ3) is 2.09. The van der Waals surface area contributed by atoms with Crippen LogP contribution in [-0.2, 0) is 0 Å². The van der Waals surface area contributed by atoms with Gasteiger partial charge in [0.05, 0.1) is 5.69 Å². The van der Waals surface area contributed by atoms with Crippen molar-refractivity contribution in [1.29, 1.82) is 0 Å². The number of nitrogens with one attached hydrogen (secondary N) is 1. The molecule has 0 radical (unpaired) electrons.